The second-order valence-corrected chi connectivity index (χ2v) is 8.20. The molecule has 0 unspecified atom stereocenters. The van der Waals surface area contributed by atoms with Crippen LogP contribution in [0.1, 0.15) is 29.7 Å². The van der Waals surface area contributed by atoms with Crippen LogP contribution in [-0.4, -0.2) is 19.7 Å². The molecule has 174 valence electrons. The highest BCUT2D eigenvalue weighted by atomic mass is 16.5. The molecule has 4 rings (SSSR count). The molecule has 0 radical (unpaired) electrons. The van der Waals surface area contributed by atoms with Crippen LogP contribution >= 0.6 is 0 Å². The summed E-state index contributed by atoms with van der Waals surface area (Å²) in [4.78, 5) is 12.5. The highest BCUT2D eigenvalue weighted by molar-refractivity contribution is 5.86. The van der Waals surface area contributed by atoms with Crippen LogP contribution in [0.5, 0.6) is 11.5 Å². The standard InChI is InChI=1S/C29H30N2O3/c1-21(25-14-8-12-24-11-6-7-13-26(24)25)31-29(32)30-18-17-22-15-16-27(28(19-22)33-2)34-20-23-9-4-3-5-10-23/h3-16,19,21H,17-18,20H2,1-2H3,(H2,30,31,32)/t21-/m1/s1. The van der Waals surface area contributed by atoms with Gasteiger partial charge in [-0.25, -0.2) is 4.79 Å². The van der Waals surface area contributed by atoms with Crippen molar-refractivity contribution in [3.63, 3.8) is 0 Å². The van der Waals surface area contributed by atoms with Crippen molar-refractivity contribution in [3.05, 3.63) is 108 Å². The lowest BCUT2D eigenvalue weighted by Crippen LogP contribution is -2.38. The van der Waals surface area contributed by atoms with E-state index in [1.165, 1.54) is 5.39 Å². The van der Waals surface area contributed by atoms with Crippen LogP contribution in [0, 0.1) is 0 Å². The number of carbonyl (C=O) groups excluding carboxylic acids is 1. The van der Waals surface area contributed by atoms with E-state index in [0.717, 1.165) is 22.1 Å². The molecule has 0 saturated carbocycles. The van der Waals surface area contributed by atoms with Gasteiger partial charge in [0.05, 0.1) is 13.2 Å². The summed E-state index contributed by atoms with van der Waals surface area (Å²) in [5.41, 5.74) is 3.26. The molecule has 1 atom stereocenters. The van der Waals surface area contributed by atoms with E-state index in [9.17, 15) is 4.79 Å². The number of methoxy groups -OCH3 is 1. The largest absolute Gasteiger partial charge is 0.493 e. The maximum atomic E-state index is 12.5. The van der Waals surface area contributed by atoms with Crippen LogP contribution in [0.3, 0.4) is 0 Å². The molecule has 0 spiro atoms. The van der Waals surface area contributed by atoms with Gasteiger partial charge in [0.15, 0.2) is 11.5 Å². The van der Waals surface area contributed by atoms with Gasteiger partial charge in [-0.3, -0.25) is 0 Å². The number of benzene rings is 4. The predicted octanol–water partition coefficient (Wildman–Crippen LogP) is 6.03. The Hall–Kier alpha value is -3.99. The number of fused-ring (bicyclic) bond motifs is 1. The summed E-state index contributed by atoms with van der Waals surface area (Å²) in [5.74, 6) is 1.38. The van der Waals surface area contributed by atoms with Gasteiger partial charge in [-0.05, 0) is 52.9 Å². The summed E-state index contributed by atoms with van der Waals surface area (Å²) >= 11 is 0. The quantitative estimate of drug-likeness (QED) is 0.325. The third-order valence-electron chi connectivity index (χ3n) is 5.80. The zero-order valence-corrected chi connectivity index (χ0v) is 19.6. The highest BCUT2D eigenvalue weighted by Crippen LogP contribution is 2.29. The topological polar surface area (TPSA) is 59.6 Å². The van der Waals surface area contributed by atoms with E-state index in [0.29, 0.717) is 31.1 Å². The maximum absolute atomic E-state index is 12.5. The third kappa shape index (κ3) is 5.87. The number of carbonyl (C=O) groups is 1. The van der Waals surface area contributed by atoms with E-state index in [-0.39, 0.29) is 12.1 Å². The number of ether oxygens (including phenoxy) is 2. The number of nitrogens with one attached hydrogen (secondary N) is 2. The minimum atomic E-state index is -0.185. The SMILES string of the molecule is COc1cc(CCNC(=O)N[C@H](C)c2cccc3ccccc23)ccc1OCc1ccccc1. The van der Waals surface area contributed by atoms with Crippen molar-refractivity contribution in [3.8, 4) is 11.5 Å². The Kier molecular flexibility index (Phi) is 7.66. The molecule has 0 aliphatic rings. The summed E-state index contributed by atoms with van der Waals surface area (Å²) < 4.78 is 11.4. The van der Waals surface area contributed by atoms with Gasteiger partial charge in [-0.1, -0.05) is 78.9 Å². The van der Waals surface area contributed by atoms with Crippen molar-refractivity contribution in [1.29, 1.82) is 0 Å². The molecule has 0 aliphatic heterocycles. The first kappa shape index (κ1) is 23.2. The van der Waals surface area contributed by atoms with E-state index in [1.807, 2.05) is 73.7 Å². The van der Waals surface area contributed by atoms with Gasteiger partial charge in [-0.15, -0.1) is 0 Å². The number of urea groups is 1. The molecule has 5 nitrogen and oxygen atoms in total. The molecule has 0 aromatic heterocycles. The van der Waals surface area contributed by atoms with E-state index in [2.05, 4.69) is 34.9 Å². The van der Waals surface area contributed by atoms with Gasteiger partial charge in [0, 0.05) is 6.54 Å². The van der Waals surface area contributed by atoms with Crippen molar-refractivity contribution < 1.29 is 14.3 Å². The Morgan fingerprint density at radius 2 is 1.62 bits per heavy atom. The molecule has 4 aromatic carbocycles. The second kappa shape index (κ2) is 11.2. The molecular formula is C29H30N2O3. The average Bonchev–Trinajstić information content (AvgIpc) is 2.88. The molecule has 4 aromatic rings. The molecule has 0 saturated heterocycles. The van der Waals surface area contributed by atoms with Crippen LogP contribution in [0.15, 0.2) is 91.0 Å². The predicted molar refractivity (Wildman–Crippen MR) is 136 cm³/mol. The van der Waals surface area contributed by atoms with Crippen molar-refractivity contribution in [1.82, 2.24) is 10.6 Å². The Labute approximate surface area is 200 Å². The Balaban J connectivity index is 1.29. The monoisotopic (exact) mass is 454 g/mol. The van der Waals surface area contributed by atoms with Crippen LogP contribution in [0.2, 0.25) is 0 Å². The smallest absolute Gasteiger partial charge is 0.315 e. The summed E-state index contributed by atoms with van der Waals surface area (Å²) in [7, 11) is 1.63. The molecular weight excluding hydrogens is 424 g/mol. The first-order chi connectivity index (χ1) is 16.6. The number of hydrogen-bond donors (Lipinski definition) is 2. The van der Waals surface area contributed by atoms with Gasteiger partial charge in [-0.2, -0.15) is 0 Å². The summed E-state index contributed by atoms with van der Waals surface area (Å²) in [6, 6.07) is 30.0. The fourth-order valence-corrected chi connectivity index (χ4v) is 4.00. The van der Waals surface area contributed by atoms with Gasteiger partial charge < -0.3 is 20.1 Å². The van der Waals surface area contributed by atoms with Crippen LogP contribution in [0.25, 0.3) is 10.8 Å². The molecule has 2 N–H and O–H groups in total. The van der Waals surface area contributed by atoms with Crippen molar-refractivity contribution in [2.24, 2.45) is 0 Å². The van der Waals surface area contributed by atoms with E-state index in [1.54, 1.807) is 7.11 Å². The zero-order chi connectivity index (χ0) is 23.8. The zero-order valence-electron chi connectivity index (χ0n) is 19.6. The van der Waals surface area contributed by atoms with Crippen LogP contribution in [-0.2, 0) is 13.0 Å². The van der Waals surface area contributed by atoms with Gasteiger partial charge >= 0.3 is 6.03 Å². The fraction of sp³-hybridized carbons (Fsp3) is 0.207. The van der Waals surface area contributed by atoms with Crippen LogP contribution in [0.4, 0.5) is 4.79 Å². The normalized spacial score (nSPS) is 11.6. The summed E-state index contributed by atoms with van der Waals surface area (Å²) in [6.07, 6.45) is 0.686. The van der Waals surface area contributed by atoms with Gasteiger partial charge in [0.2, 0.25) is 0 Å². The first-order valence-corrected chi connectivity index (χ1v) is 11.5. The molecule has 2 amide bonds. The maximum Gasteiger partial charge on any atom is 0.315 e. The molecule has 34 heavy (non-hydrogen) atoms. The Morgan fingerprint density at radius 1 is 0.853 bits per heavy atom. The van der Waals surface area contributed by atoms with Crippen molar-refractivity contribution in [2.75, 3.05) is 13.7 Å². The summed E-state index contributed by atoms with van der Waals surface area (Å²) in [5, 5.41) is 8.32. The lowest BCUT2D eigenvalue weighted by atomic mass is 10.00. The number of hydrogen-bond acceptors (Lipinski definition) is 3. The Bertz CT molecular complexity index is 1240. The van der Waals surface area contributed by atoms with Crippen molar-refractivity contribution >= 4 is 16.8 Å². The van der Waals surface area contributed by atoms with Gasteiger partial charge in [0.25, 0.3) is 0 Å². The van der Waals surface area contributed by atoms with E-state index < -0.39 is 0 Å². The van der Waals surface area contributed by atoms with Crippen molar-refractivity contribution in [2.45, 2.75) is 26.0 Å². The molecule has 0 aliphatic carbocycles. The molecule has 0 fully saturated rings. The molecule has 0 bridgehead atoms. The lowest BCUT2D eigenvalue weighted by molar-refractivity contribution is 0.238. The van der Waals surface area contributed by atoms with E-state index in [4.69, 9.17) is 9.47 Å². The molecule has 0 heterocycles. The fourth-order valence-electron chi connectivity index (χ4n) is 4.00. The number of rotatable bonds is 9. The first-order valence-electron chi connectivity index (χ1n) is 11.5. The Morgan fingerprint density at radius 3 is 2.44 bits per heavy atom. The minimum absolute atomic E-state index is 0.104. The van der Waals surface area contributed by atoms with E-state index >= 15 is 0 Å². The van der Waals surface area contributed by atoms with Gasteiger partial charge in [0.1, 0.15) is 6.61 Å². The lowest BCUT2D eigenvalue weighted by Gasteiger charge is -2.17. The average molecular weight is 455 g/mol. The number of amides is 2. The van der Waals surface area contributed by atoms with Crippen LogP contribution < -0.4 is 20.1 Å². The summed E-state index contributed by atoms with van der Waals surface area (Å²) in [6.45, 7) is 3.00. The highest BCUT2D eigenvalue weighted by Gasteiger charge is 2.12. The minimum Gasteiger partial charge on any atom is -0.493 e. The third-order valence-corrected chi connectivity index (χ3v) is 5.80. The molecule has 5 heteroatoms. The second-order valence-electron chi connectivity index (χ2n) is 8.20.